The van der Waals surface area contributed by atoms with Gasteiger partial charge in [-0.3, -0.25) is 9.69 Å². The van der Waals surface area contributed by atoms with Gasteiger partial charge in [0.2, 0.25) is 5.91 Å². The number of phenolic OH excluding ortho intramolecular Hbond substituents is 1. The summed E-state index contributed by atoms with van der Waals surface area (Å²) in [5.74, 6) is 0.514. The molecule has 2 bridgehead atoms. The van der Waals surface area contributed by atoms with Crippen molar-refractivity contribution in [1.82, 2.24) is 9.80 Å². The number of aliphatic hydroxyl groups is 1. The third-order valence-electron chi connectivity index (χ3n) is 10.2. The normalized spacial score (nSPS) is 31.6. The minimum absolute atomic E-state index is 0.00839. The largest absolute Gasteiger partial charge is 0.504 e. The Hall–Kier alpha value is -2.65. The molecule has 214 valence electrons. The van der Waals surface area contributed by atoms with Crippen LogP contribution >= 0.6 is 27.3 Å². The van der Waals surface area contributed by atoms with E-state index in [1.807, 2.05) is 36.7 Å². The maximum absolute atomic E-state index is 13.5. The van der Waals surface area contributed by atoms with Crippen LogP contribution in [0, 0.1) is 5.92 Å². The van der Waals surface area contributed by atoms with Crippen LogP contribution in [0.2, 0.25) is 0 Å². The first kappa shape index (κ1) is 27.2. The van der Waals surface area contributed by atoms with Crippen LogP contribution in [-0.4, -0.2) is 69.8 Å². The van der Waals surface area contributed by atoms with E-state index in [0.29, 0.717) is 18.6 Å². The van der Waals surface area contributed by atoms with Crippen LogP contribution in [0.15, 0.2) is 64.5 Å². The lowest BCUT2D eigenvalue weighted by atomic mass is 9.46. The molecule has 2 aliphatic heterocycles. The average Bonchev–Trinajstić information content (AvgIpc) is 3.53. The summed E-state index contributed by atoms with van der Waals surface area (Å²) in [6.07, 6.45) is 5.96. The van der Waals surface area contributed by atoms with Gasteiger partial charge in [-0.2, -0.15) is 0 Å². The summed E-state index contributed by atoms with van der Waals surface area (Å²) in [5.41, 5.74) is 1.70. The van der Waals surface area contributed by atoms with Crippen LogP contribution in [0.25, 0.3) is 6.08 Å². The molecule has 0 radical (unpaired) electrons. The second kappa shape index (κ2) is 9.97. The fourth-order valence-corrected chi connectivity index (χ4v) is 9.82. The molecule has 3 heterocycles. The molecule has 2 aromatic carbocycles. The molecule has 4 aliphatic rings. The number of likely N-dealkylation sites (N-methyl/N-ethyl adjacent to an activating group) is 1. The number of phenols is 1. The molecule has 1 spiro atoms. The van der Waals surface area contributed by atoms with Gasteiger partial charge < -0.3 is 19.8 Å². The van der Waals surface area contributed by atoms with Crippen molar-refractivity contribution in [2.45, 2.75) is 61.8 Å². The Morgan fingerprint density at radius 3 is 2.83 bits per heavy atom. The topological polar surface area (TPSA) is 73.2 Å². The highest BCUT2D eigenvalue weighted by Crippen LogP contribution is 2.66. The van der Waals surface area contributed by atoms with Crippen LogP contribution in [0.4, 0.5) is 0 Å². The van der Waals surface area contributed by atoms with Crippen molar-refractivity contribution in [2.24, 2.45) is 5.92 Å². The first-order chi connectivity index (χ1) is 19.7. The van der Waals surface area contributed by atoms with E-state index >= 15 is 0 Å². The zero-order valence-corrected chi connectivity index (χ0v) is 25.7. The van der Waals surface area contributed by atoms with E-state index in [1.165, 1.54) is 5.56 Å². The monoisotopic (exact) mass is 634 g/mol. The van der Waals surface area contributed by atoms with Crippen molar-refractivity contribution in [2.75, 3.05) is 20.1 Å². The van der Waals surface area contributed by atoms with Crippen molar-refractivity contribution < 1.29 is 19.7 Å². The van der Waals surface area contributed by atoms with Gasteiger partial charge in [0.15, 0.2) is 11.5 Å². The summed E-state index contributed by atoms with van der Waals surface area (Å²) >= 11 is 5.05. The first-order valence-electron chi connectivity index (χ1n) is 14.4. The predicted octanol–water partition coefficient (Wildman–Crippen LogP) is 5.40. The van der Waals surface area contributed by atoms with E-state index in [-0.39, 0.29) is 29.7 Å². The van der Waals surface area contributed by atoms with E-state index in [0.717, 1.165) is 46.4 Å². The number of amides is 1. The van der Waals surface area contributed by atoms with Crippen molar-refractivity contribution in [3.8, 4) is 11.5 Å². The number of aromatic hydroxyl groups is 1. The number of piperidine rings is 1. The molecular weight excluding hydrogens is 600 g/mol. The molecule has 8 heteroatoms. The molecule has 1 saturated carbocycles. The minimum Gasteiger partial charge on any atom is -0.504 e. The van der Waals surface area contributed by atoms with Gasteiger partial charge in [-0.05, 0) is 83.4 Å². The molecule has 2 N–H and O–H groups in total. The van der Waals surface area contributed by atoms with Gasteiger partial charge in [-0.15, -0.1) is 11.3 Å². The van der Waals surface area contributed by atoms with Crippen molar-refractivity contribution >= 4 is 39.2 Å². The highest BCUT2D eigenvalue weighted by Gasteiger charge is 2.74. The number of ether oxygens (including phenoxy) is 1. The predicted molar refractivity (Wildman–Crippen MR) is 164 cm³/mol. The Morgan fingerprint density at radius 1 is 1.27 bits per heavy atom. The van der Waals surface area contributed by atoms with Crippen LogP contribution < -0.4 is 4.74 Å². The van der Waals surface area contributed by atoms with Gasteiger partial charge in [0.05, 0.1) is 17.1 Å². The van der Waals surface area contributed by atoms with Crippen molar-refractivity contribution in [1.29, 1.82) is 0 Å². The number of carbonyl (C=O) groups is 1. The fourth-order valence-electron chi connectivity index (χ4n) is 8.48. The quantitative estimate of drug-likeness (QED) is 0.355. The van der Waals surface area contributed by atoms with Gasteiger partial charge in [0.1, 0.15) is 6.10 Å². The SMILES string of the molecule is C[C@H]1C[C@@]2(O)[C@H]3Cc4ccc(O)c5c4[C@@]2(CCN3CCc2ccccc2)[C@@H](O5)[C@H]1N(C)C(=O)/C=C/c1cc(Br)cs1. The van der Waals surface area contributed by atoms with E-state index in [9.17, 15) is 15.0 Å². The van der Waals surface area contributed by atoms with Gasteiger partial charge in [0.25, 0.3) is 0 Å². The number of benzene rings is 2. The van der Waals surface area contributed by atoms with Crippen molar-refractivity contribution in [3.63, 3.8) is 0 Å². The zero-order valence-electron chi connectivity index (χ0n) is 23.3. The standard InChI is InChI=1S/C33H35BrN2O4S/c1-20-18-33(39)26-16-22-8-10-25(37)30-28(22)32(33,13-15-36(26)14-12-21-6-4-3-5-7-21)31(40-30)29(20)35(2)27(38)11-9-24-17-23(34)19-41-24/h3-11,17,19-20,26,29,31,37,39H,12-16,18H2,1-2H3/b11-9+/t20-,26+,29-,31-,32-,33+/m0/s1. The van der Waals surface area contributed by atoms with Crippen LogP contribution in [0.3, 0.4) is 0 Å². The van der Waals surface area contributed by atoms with E-state index in [1.54, 1.807) is 28.4 Å². The number of thiophene rings is 1. The van der Waals surface area contributed by atoms with E-state index < -0.39 is 17.1 Å². The number of nitrogens with zero attached hydrogens (tertiary/aromatic N) is 2. The second-order valence-electron chi connectivity index (χ2n) is 12.2. The van der Waals surface area contributed by atoms with Gasteiger partial charge in [-0.1, -0.05) is 43.3 Å². The number of hydrogen-bond acceptors (Lipinski definition) is 6. The highest BCUT2D eigenvalue weighted by atomic mass is 79.9. The smallest absolute Gasteiger partial charge is 0.246 e. The van der Waals surface area contributed by atoms with Crippen molar-refractivity contribution in [3.05, 3.63) is 86.0 Å². The summed E-state index contributed by atoms with van der Waals surface area (Å²) in [4.78, 5) is 18.8. The van der Waals surface area contributed by atoms with Gasteiger partial charge >= 0.3 is 0 Å². The molecule has 3 aromatic rings. The fraction of sp³-hybridized carbons (Fsp3) is 0.424. The molecule has 2 fully saturated rings. The Labute approximate surface area is 253 Å². The molecule has 7 rings (SSSR count). The maximum atomic E-state index is 13.5. The average molecular weight is 636 g/mol. The molecule has 1 amide bonds. The molecule has 2 aliphatic carbocycles. The number of hydrogen-bond donors (Lipinski definition) is 2. The molecule has 0 unspecified atom stereocenters. The Kier molecular flexibility index (Phi) is 6.62. The lowest BCUT2D eigenvalue weighted by Crippen LogP contribution is -2.79. The number of halogens is 1. The van der Waals surface area contributed by atoms with Crippen LogP contribution in [-0.2, 0) is 23.1 Å². The molecule has 41 heavy (non-hydrogen) atoms. The summed E-state index contributed by atoms with van der Waals surface area (Å²) in [6, 6.07) is 15.9. The van der Waals surface area contributed by atoms with Crippen LogP contribution in [0.1, 0.15) is 41.3 Å². The third kappa shape index (κ3) is 4.05. The van der Waals surface area contributed by atoms with Crippen LogP contribution in [0.5, 0.6) is 11.5 Å². The maximum Gasteiger partial charge on any atom is 0.246 e. The summed E-state index contributed by atoms with van der Waals surface area (Å²) in [7, 11) is 1.85. The first-order valence-corrected chi connectivity index (χ1v) is 16.1. The Bertz CT molecular complexity index is 1520. The third-order valence-corrected chi connectivity index (χ3v) is 11.9. The second-order valence-corrected chi connectivity index (χ2v) is 14.1. The molecule has 6 nitrogen and oxygen atoms in total. The molecule has 1 saturated heterocycles. The lowest BCUT2D eigenvalue weighted by molar-refractivity contribution is -0.211. The van der Waals surface area contributed by atoms with E-state index in [2.05, 4.69) is 52.0 Å². The number of likely N-dealkylation sites (tertiary alicyclic amines) is 1. The number of carbonyl (C=O) groups excluding carboxylic acids is 1. The summed E-state index contributed by atoms with van der Waals surface area (Å²) in [5, 5.41) is 25.9. The highest BCUT2D eigenvalue weighted by molar-refractivity contribution is 9.10. The molecule has 6 atom stereocenters. The Balaban J connectivity index is 1.25. The van der Waals surface area contributed by atoms with E-state index in [4.69, 9.17) is 4.74 Å². The zero-order chi connectivity index (χ0) is 28.5. The summed E-state index contributed by atoms with van der Waals surface area (Å²) in [6.45, 7) is 3.84. The minimum atomic E-state index is -1.03. The number of rotatable bonds is 6. The summed E-state index contributed by atoms with van der Waals surface area (Å²) < 4.78 is 7.71. The molecular formula is C33H35BrN2O4S. The molecule has 1 aromatic heterocycles. The van der Waals surface area contributed by atoms with Gasteiger partial charge in [-0.25, -0.2) is 0 Å². The lowest BCUT2D eigenvalue weighted by Gasteiger charge is -2.66. The Morgan fingerprint density at radius 2 is 2.07 bits per heavy atom. The van der Waals surface area contributed by atoms with Gasteiger partial charge in [0, 0.05) is 46.0 Å².